The van der Waals surface area contributed by atoms with Crippen molar-refractivity contribution in [3.05, 3.63) is 82.6 Å². The number of aryl methyl sites for hydroxylation is 4. The third kappa shape index (κ3) is 18.8. The molecule has 2 aromatic carbocycles. The van der Waals surface area contributed by atoms with Crippen LogP contribution in [0.2, 0.25) is 0 Å². The van der Waals surface area contributed by atoms with E-state index in [2.05, 4.69) is 48.1 Å². The molecule has 0 saturated heterocycles. The first-order chi connectivity index (χ1) is 28.1. The number of aliphatic hydroxyl groups excluding tert-OH is 1. The van der Waals surface area contributed by atoms with Crippen molar-refractivity contribution >= 4 is 35.5 Å². The number of carboxylic acids is 1. The standard InChI is InChI=1S/C23H31NO4S.C21H27NO4S.CH4O.K.H2O/c1-4-26-22(25)15-29-14-18-6-5-7-20(12-18)27-13-21-17(3)28-23(24-21)19-10-8-16(2)9-11-19;1-14-6-8-17(9-7-14)21-22-19(15(2)26-21)11-25-18-5-3-4-16(10-18)12-27-13-20(23)24;1-2;;/h8-11,18,20H,4-7,12-15H2,1-3H3;6-9,16,18H,3-5,10-13H2,1-2H3,(H,23,24);2H,1H3;;1H2/q;;;+1;/p-1. The number of aliphatic hydroxyl groups is 1. The molecular weight excluding hydrogens is 832 g/mol. The predicted octanol–water partition coefficient (Wildman–Crippen LogP) is 6.62. The number of aromatic nitrogens is 2. The van der Waals surface area contributed by atoms with Gasteiger partial charge >= 0.3 is 63.3 Å². The molecular formula is C45H63KN2O10S2. The minimum absolute atomic E-state index is 0. The molecule has 6 rings (SSSR count). The van der Waals surface area contributed by atoms with Crippen molar-refractivity contribution in [2.24, 2.45) is 11.8 Å². The Morgan fingerprint density at radius 2 is 1.12 bits per heavy atom. The molecule has 2 aliphatic rings. The van der Waals surface area contributed by atoms with Gasteiger partial charge in [-0.15, -0.1) is 23.5 Å². The van der Waals surface area contributed by atoms with Crippen LogP contribution in [0.4, 0.5) is 0 Å². The number of nitrogens with zero attached hydrogens (tertiary/aromatic N) is 2. The first kappa shape index (κ1) is 54.1. The molecule has 15 heteroatoms. The fraction of sp³-hybridized carbons (Fsp3) is 0.556. The molecule has 0 bridgehead atoms. The van der Waals surface area contributed by atoms with Gasteiger partial charge in [-0.3, -0.25) is 9.59 Å². The van der Waals surface area contributed by atoms with E-state index in [4.69, 9.17) is 33.3 Å². The van der Waals surface area contributed by atoms with E-state index in [9.17, 15) is 9.59 Å². The second-order valence-electron chi connectivity index (χ2n) is 14.9. The average molecular weight is 895 g/mol. The van der Waals surface area contributed by atoms with Crippen molar-refractivity contribution in [3.63, 3.8) is 0 Å². The molecule has 0 amide bonds. The summed E-state index contributed by atoms with van der Waals surface area (Å²) in [5.74, 6) is 5.68. The molecule has 2 saturated carbocycles. The van der Waals surface area contributed by atoms with Crippen LogP contribution >= 0.6 is 23.5 Å². The second-order valence-corrected chi connectivity index (χ2v) is 17.0. The van der Waals surface area contributed by atoms with Gasteiger partial charge in [-0.1, -0.05) is 48.2 Å². The Labute approximate surface area is 406 Å². The van der Waals surface area contributed by atoms with Crippen molar-refractivity contribution in [1.82, 2.24) is 9.97 Å². The number of esters is 1. The molecule has 2 fully saturated rings. The normalized spacial score (nSPS) is 18.4. The third-order valence-corrected chi connectivity index (χ3v) is 12.5. The minimum Gasteiger partial charge on any atom is -0.870 e. The van der Waals surface area contributed by atoms with E-state index in [1.54, 1.807) is 11.8 Å². The summed E-state index contributed by atoms with van der Waals surface area (Å²) in [6.45, 7) is 11.2. The van der Waals surface area contributed by atoms with Gasteiger partial charge in [0.15, 0.2) is 0 Å². The molecule has 2 heterocycles. The van der Waals surface area contributed by atoms with E-state index >= 15 is 0 Å². The van der Waals surface area contributed by atoms with Gasteiger partial charge in [-0.2, -0.15) is 0 Å². The summed E-state index contributed by atoms with van der Waals surface area (Å²) in [4.78, 5) is 31.4. The molecule has 12 nitrogen and oxygen atoms in total. The summed E-state index contributed by atoms with van der Waals surface area (Å²) in [5, 5.41) is 15.8. The molecule has 4 atom stereocenters. The van der Waals surface area contributed by atoms with Gasteiger partial charge in [0.25, 0.3) is 0 Å². The fourth-order valence-electron chi connectivity index (χ4n) is 7.07. The van der Waals surface area contributed by atoms with Crippen molar-refractivity contribution in [2.75, 3.05) is 36.7 Å². The van der Waals surface area contributed by atoms with Crippen LogP contribution in [0.15, 0.2) is 57.4 Å². The van der Waals surface area contributed by atoms with Gasteiger partial charge < -0.3 is 38.7 Å². The van der Waals surface area contributed by atoms with E-state index in [0.717, 1.165) is 91.2 Å². The van der Waals surface area contributed by atoms with E-state index in [1.165, 1.54) is 35.7 Å². The number of rotatable bonds is 17. The molecule has 60 heavy (non-hydrogen) atoms. The number of oxazole rings is 2. The van der Waals surface area contributed by atoms with E-state index < -0.39 is 5.97 Å². The number of hydrogen-bond donors (Lipinski definition) is 2. The van der Waals surface area contributed by atoms with Crippen LogP contribution in [0, 0.1) is 39.5 Å². The van der Waals surface area contributed by atoms with E-state index in [-0.39, 0.29) is 80.8 Å². The van der Waals surface area contributed by atoms with Crippen molar-refractivity contribution < 1.29 is 99.7 Å². The SMILES string of the molecule is CCOC(=O)CSCC1CCCC(OCc2nc(-c3ccc(C)cc3)oc2C)C1.CO.Cc1ccc(-c2nc(COC3CCCC(CSCC(=O)O)C3)c(C)o2)cc1.[K+].[OH-]. The van der Waals surface area contributed by atoms with Gasteiger partial charge in [0.2, 0.25) is 11.8 Å². The largest absolute Gasteiger partial charge is 1.00 e. The second kappa shape index (κ2) is 29.4. The molecule has 2 aliphatic carbocycles. The number of thioether (sulfide) groups is 2. The zero-order chi connectivity index (χ0) is 41.9. The number of carbonyl (C=O) groups excluding carboxylic acids is 1. The minimum atomic E-state index is -0.741. The number of ether oxygens (including phenoxy) is 3. The van der Waals surface area contributed by atoms with Crippen LogP contribution in [0.5, 0.6) is 0 Å². The van der Waals surface area contributed by atoms with Gasteiger partial charge in [0, 0.05) is 18.2 Å². The Bertz CT molecular complexity index is 1820. The van der Waals surface area contributed by atoms with Crippen LogP contribution < -0.4 is 51.4 Å². The summed E-state index contributed by atoms with van der Waals surface area (Å²) < 4.78 is 29.0. The Balaban J connectivity index is 0.000000386. The van der Waals surface area contributed by atoms with E-state index in [0.29, 0.717) is 49.2 Å². The topological polar surface area (TPSA) is 184 Å². The maximum Gasteiger partial charge on any atom is 1.00 e. The molecule has 4 aromatic rings. The number of aliphatic carboxylic acids is 1. The fourth-order valence-corrected chi connectivity index (χ4v) is 9.00. The average Bonchev–Trinajstić information content (AvgIpc) is 3.79. The maximum atomic E-state index is 11.5. The van der Waals surface area contributed by atoms with Crippen LogP contribution in [0.25, 0.3) is 22.9 Å². The van der Waals surface area contributed by atoms with Gasteiger partial charge in [-0.05, 0) is 121 Å². The molecule has 3 N–H and O–H groups in total. The van der Waals surface area contributed by atoms with Crippen molar-refractivity contribution in [2.45, 2.75) is 111 Å². The van der Waals surface area contributed by atoms with Gasteiger partial charge in [0.05, 0.1) is 43.5 Å². The molecule has 0 aliphatic heterocycles. The first-order valence-electron chi connectivity index (χ1n) is 20.3. The predicted molar refractivity (Wildman–Crippen MR) is 233 cm³/mol. The molecule has 2 aromatic heterocycles. The Kier molecular flexibility index (Phi) is 26.5. The zero-order valence-corrected chi connectivity index (χ0v) is 41.2. The smallest absolute Gasteiger partial charge is 0.870 e. The molecule has 0 radical (unpaired) electrons. The van der Waals surface area contributed by atoms with Crippen LogP contribution in [0.1, 0.15) is 92.3 Å². The summed E-state index contributed by atoms with van der Waals surface area (Å²) in [7, 11) is 1.00. The van der Waals surface area contributed by atoms with Gasteiger partial charge in [0.1, 0.15) is 22.9 Å². The quantitative estimate of drug-likeness (QED) is 0.0852. The summed E-state index contributed by atoms with van der Waals surface area (Å²) in [5.41, 5.74) is 6.11. The molecule has 4 unspecified atom stereocenters. The monoisotopic (exact) mass is 894 g/mol. The Hall–Kier alpha value is -2.02. The number of hydrogen-bond acceptors (Lipinski definition) is 13. The summed E-state index contributed by atoms with van der Waals surface area (Å²) in [6, 6.07) is 16.3. The molecule has 0 spiro atoms. The maximum absolute atomic E-state index is 11.5. The van der Waals surface area contributed by atoms with Crippen LogP contribution in [0.3, 0.4) is 0 Å². The van der Waals surface area contributed by atoms with Crippen LogP contribution in [-0.4, -0.2) is 86.5 Å². The summed E-state index contributed by atoms with van der Waals surface area (Å²) in [6.07, 6.45) is 9.30. The Morgan fingerprint density at radius 1 is 0.700 bits per heavy atom. The number of benzene rings is 2. The van der Waals surface area contributed by atoms with Gasteiger partial charge in [-0.25, -0.2) is 9.97 Å². The number of carboxylic acid groups (broad SMARTS) is 1. The zero-order valence-electron chi connectivity index (χ0n) is 36.4. The first-order valence-corrected chi connectivity index (χ1v) is 22.6. The van der Waals surface area contributed by atoms with E-state index in [1.807, 2.05) is 45.0 Å². The summed E-state index contributed by atoms with van der Waals surface area (Å²) >= 11 is 3.18. The van der Waals surface area contributed by atoms with Crippen molar-refractivity contribution in [1.29, 1.82) is 0 Å². The third-order valence-electron chi connectivity index (χ3n) is 10.2. The Morgan fingerprint density at radius 3 is 1.52 bits per heavy atom. The van der Waals surface area contributed by atoms with Crippen LogP contribution in [-0.2, 0) is 37.0 Å². The number of carbonyl (C=O) groups is 2. The van der Waals surface area contributed by atoms with Crippen molar-refractivity contribution in [3.8, 4) is 22.9 Å². The molecule has 326 valence electrons.